The molecule has 0 radical (unpaired) electrons. The summed E-state index contributed by atoms with van der Waals surface area (Å²) < 4.78 is 21.1. The maximum atomic E-state index is 10.6. The summed E-state index contributed by atoms with van der Waals surface area (Å²) in [5.74, 6) is 0.645. The van der Waals surface area contributed by atoms with Gasteiger partial charge >= 0.3 is 0 Å². The summed E-state index contributed by atoms with van der Waals surface area (Å²) in [7, 11) is 2.00. The molecule has 0 amide bonds. The Balaban J connectivity index is 3.39. The van der Waals surface area contributed by atoms with E-state index in [2.05, 4.69) is 0 Å². The zero-order valence-corrected chi connectivity index (χ0v) is 8.13. The van der Waals surface area contributed by atoms with Crippen molar-refractivity contribution in [2.24, 2.45) is 0 Å². The average Bonchev–Trinajstić information content (AvgIpc) is 1.59. The van der Waals surface area contributed by atoms with E-state index >= 15 is 0 Å². The van der Waals surface area contributed by atoms with Crippen molar-refractivity contribution in [1.29, 1.82) is 0 Å². The minimum absolute atomic E-state index is 0.645. The predicted molar refractivity (Wildman–Crippen MR) is 45.9 cm³/mol. The summed E-state index contributed by atoms with van der Waals surface area (Å²) in [6.45, 7) is 0.803. The fourth-order valence-corrected chi connectivity index (χ4v) is 2.25. The standard InChI is InChI=1S/C5H13NO2S2/c1-6(2)4-5-9-10(3,7)8/h4-5H2,1-3H3. The Kier molecular flexibility index (Phi) is 4.31. The monoisotopic (exact) mass is 183 g/mol. The minimum atomic E-state index is -2.83. The molecule has 0 heterocycles. The molecule has 0 bridgehead atoms. The highest BCUT2D eigenvalue weighted by molar-refractivity contribution is 8.71. The third-order valence-corrected chi connectivity index (χ3v) is 3.40. The van der Waals surface area contributed by atoms with Crippen LogP contribution >= 0.6 is 10.8 Å². The predicted octanol–water partition coefficient (Wildman–Crippen LogP) is 0.241. The van der Waals surface area contributed by atoms with Crippen molar-refractivity contribution >= 4 is 19.7 Å². The van der Waals surface area contributed by atoms with Crippen molar-refractivity contribution < 1.29 is 8.42 Å². The van der Waals surface area contributed by atoms with Gasteiger partial charge in [-0.25, -0.2) is 8.42 Å². The van der Waals surface area contributed by atoms with Gasteiger partial charge in [-0.15, -0.1) is 0 Å². The van der Waals surface area contributed by atoms with Crippen molar-refractivity contribution in [3.63, 3.8) is 0 Å². The highest BCUT2D eigenvalue weighted by Gasteiger charge is 2.01. The van der Waals surface area contributed by atoms with Gasteiger partial charge in [0.25, 0.3) is 0 Å². The molecule has 0 aromatic rings. The van der Waals surface area contributed by atoms with Crippen LogP contribution in [0.3, 0.4) is 0 Å². The van der Waals surface area contributed by atoms with Crippen LogP contribution in [-0.4, -0.2) is 46.0 Å². The molecule has 0 saturated heterocycles. The molecule has 0 aromatic heterocycles. The van der Waals surface area contributed by atoms with Gasteiger partial charge in [0.2, 0.25) is 0 Å². The second kappa shape index (κ2) is 4.20. The molecule has 5 heteroatoms. The van der Waals surface area contributed by atoms with Crippen molar-refractivity contribution in [2.45, 2.75) is 0 Å². The van der Waals surface area contributed by atoms with Gasteiger partial charge in [0.05, 0.1) is 0 Å². The lowest BCUT2D eigenvalue weighted by Crippen LogP contribution is -2.15. The molecule has 0 aliphatic heterocycles. The van der Waals surface area contributed by atoms with Crippen molar-refractivity contribution in [3.8, 4) is 0 Å². The van der Waals surface area contributed by atoms with Crippen LogP contribution in [0.2, 0.25) is 0 Å². The maximum Gasteiger partial charge on any atom is 0.198 e. The highest BCUT2D eigenvalue weighted by Crippen LogP contribution is 2.08. The zero-order chi connectivity index (χ0) is 8.20. The summed E-state index contributed by atoms with van der Waals surface area (Å²) >= 11 is 0. The van der Waals surface area contributed by atoms with Gasteiger partial charge in [0.15, 0.2) is 8.87 Å². The molecular weight excluding hydrogens is 170 g/mol. The van der Waals surface area contributed by atoms with Gasteiger partial charge in [0, 0.05) is 18.6 Å². The molecule has 0 unspecified atom stereocenters. The Morgan fingerprint density at radius 2 is 1.90 bits per heavy atom. The van der Waals surface area contributed by atoms with Gasteiger partial charge < -0.3 is 4.90 Å². The number of nitrogens with zero attached hydrogens (tertiary/aromatic N) is 1. The van der Waals surface area contributed by atoms with Crippen LogP contribution < -0.4 is 0 Å². The number of rotatable bonds is 4. The molecule has 62 valence electrons. The SMILES string of the molecule is CN(C)CCSS(C)(=O)=O. The maximum absolute atomic E-state index is 10.6. The molecule has 3 nitrogen and oxygen atoms in total. The third-order valence-electron chi connectivity index (χ3n) is 0.836. The van der Waals surface area contributed by atoms with E-state index in [1.54, 1.807) is 0 Å². The van der Waals surface area contributed by atoms with E-state index in [0.29, 0.717) is 5.75 Å². The molecule has 0 spiro atoms. The normalized spacial score (nSPS) is 12.4. The van der Waals surface area contributed by atoms with Crippen LogP contribution in [0.4, 0.5) is 0 Å². The Bertz CT molecular complexity index is 174. The first-order chi connectivity index (χ1) is 4.42. The molecule has 10 heavy (non-hydrogen) atoms. The molecule has 0 N–H and O–H groups in total. The molecule has 0 fully saturated rings. The van der Waals surface area contributed by atoms with E-state index in [-0.39, 0.29) is 0 Å². The van der Waals surface area contributed by atoms with Crippen molar-refractivity contribution in [1.82, 2.24) is 4.90 Å². The van der Waals surface area contributed by atoms with Gasteiger partial charge in [-0.05, 0) is 24.9 Å². The van der Waals surface area contributed by atoms with Crippen LogP contribution in [0, 0.1) is 0 Å². The summed E-state index contributed by atoms with van der Waals surface area (Å²) in [5.41, 5.74) is 0. The van der Waals surface area contributed by atoms with E-state index in [1.165, 1.54) is 6.26 Å². The molecule has 0 aromatic carbocycles. The van der Waals surface area contributed by atoms with Crippen LogP contribution in [0.15, 0.2) is 0 Å². The topological polar surface area (TPSA) is 37.4 Å². The van der Waals surface area contributed by atoms with E-state index in [0.717, 1.165) is 17.3 Å². The van der Waals surface area contributed by atoms with Gasteiger partial charge in [-0.2, -0.15) is 0 Å². The Morgan fingerprint density at radius 1 is 1.40 bits per heavy atom. The number of hydrogen-bond acceptors (Lipinski definition) is 4. The lowest BCUT2D eigenvalue weighted by atomic mass is 10.7. The van der Waals surface area contributed by atoms with Gasteiger partial charge in [-0.3, -0.25) is 0 Å². The average molecular weight is 183 g/mol. The molecule has 0 rings (SSSR count). The van der Waals surface area contributed by atoms with Crippen LogP contribution in [-0.2, 0) is 8.87 Å². The Labute approximate surface area is 66.1 Å². The van der Waals surface area contributed by atoms with E-state index in [9.17, 15) is 8.42 Å². The lowest BCUT2D eigenvalue weighted by molar-refractivity contribution is 0.437. The van der Waals surface area contributed by atoms with Gasteiger partial charge in [0.1, 0.15) is 0 Å². The quantitative estimate of drug-likeness (QED) is 0.585. The first-order valence-corrected chi connectivity index (χ1v) is 6.30. The van der Waals surface area contributed by atoms with E-state index < -0.39 is 8.87 Å². The molecule has 0 saturated carbocycles. The fraction of sp³-hybridized carbons (Fsp3) is 1.00. The summed E-state index contributed by atoms with van der Waals surface area (Å²) in [6, 6.07) is 0. The van der Waals surface area contributed by atoms with E-state index in [4.69, 9.17) is 0 Å². The third kappa shape index (κ3) is 8.26. The highest BCUT2D eigenvalue weighted by atomic mass is 33.1. The fourth-order valence-electron chi connectivity index (χ4n) is 0.371. The van der Waals surface area contributed by atoms with Crippen LogP contribution in [0.25, 0.3) is 0 Å². The Hall–Kier alpha value is 0.260. The van der Waals surface area contributed by atoms with Gasteiger partial charge in [-0.1, -0.05) is 0 Å². The summed E-state index contributed by atoms with van der Waals surface area (Å²) in [5, 5.41) is 0. The van der Waals surface area contributed by atoms with E-state index in [1.807, 2.05) is 19.0 Å². The second-order valence-corrected chi connectivity index (χ2v) is 6.91. The largest absolute Gasteiger partial charge is 0.309 e. The van der Waals surface area contributed by atoms with Crippen molar-refractivity contribution in [3.05, 3.63) is 0 Å². The second-order valence-electron chi connectivity index (χ2n) is 2.33. The summed E-state index contributed by atoms with van der Waals surface area (Å²) in [6.07, 6.45) is 1.23. The number of hydrogen-bond donors (Lipinski definition) is 0. The van der Waals surface area contributed by atoms with Crippen LogP contribution in [0.1, 0.15) is 0 Å². The van der Waals surface area contributed by atoms with Crippen LogP contribution in [0.5, 0.6) is 0 Å². The molecule has 0 aliphatic rings. The van der Waals surface area contributed by atoms with Crippen molar-refractivity contribution in [2.75, 3.05) is 32.6 Å². The summed E-state index contributed by atoms with van der Waals surface area (Å²) in [4.78, 5) is 1.96. The molecular formula is C5H13NO2S2. The smallest absolute Gasteiger partial charge is 0.198 e. The Morgan fingerprint density at radius 3 is 2.20 bits per heavy atom. The molecule has 0 aliphatic carbocycles. The minimum Gasteiger partial charge on any atom is -0.309 e. The first-order valence-electron chi connectivity index (χ1n) is 2.91. The first kappa shape index (κ1) is 10.3. The molecule has 0 atom stereocenters. The zero-order valence-electron chi connectivity index (χ0n) is 6.49. The lowest BCUT2D eigenvalue weighted by Gasteiger charge is -2.06.